The second-order valence-electron chi connectivity index (χ2n) is 8.77. The minimum absolute atomic E-state index is 0.0417. The van der Waals surface area contributed by atoms with E-state index in [2.05, 4.69) is 34.7 Å². The second kappa shape index (κ2) is 8.10. The van der Waals surface area contributed by atoms with Crippen LogP contribution in [0.1, 0.15) is 62.1 Å². The molecule has 1 aromatic heterocycles. The van der Waals surface area contributed by atoms with Crippen LogP contribution in [0.25, 0.3) is 11.3 Å². The van der Waals surface area contributed by atoms with E-state index in [4.69, 9.17) is 4.52 Å². The van der Waals surface area contributed by atoms with E-state index in [9.17, 15) is 4.79 Å². The van der Waals surface area contributed by atoms with Gasteiger partial charge in [0.2, 0.25) is 5.91 Å². The number of hydrogen-bond acceptors (Lipinski definition) is 3. The number of aromatic nitrogens is 1. The average molecular weight is 401 g/mol. The third kappa shape index (κ3) is 3.55. The summed E-state index contributed by atoms with van der Waals surface area (Å²) in [6.45, 7) is 0. The molecule has 30 heavy (non-hydrogen) atoms. The smallest absolute Gasteiger partial charge is 0.224 e. The van der Waals surface area contributed by atoms with Crippen LogP contribution in [0, 0.1) is 5.92 Å². The van der Waals surface area contributed by atoms with Crippen molar-refractivity contribution >= 4 is 5.91 Å². The molecule has 0 spiro atoms. The van der Waals surface area contributed by atoms with E-state index < -0.39 is 0 Å². The van der Waals surface area contributed by atoms with Gasteiger partial charge in [-0.1, -0.05) is 85.1 Å². The Labute approximate surface area is 177 Å². The lowest BCUT2D eigenvalue weighted by atomic mass is 9.85. The molecular weight excluding hydrogens is 372 g/mol. The highest BCUT2D eigenvalue weighted by Gasteiger charge is 2.42. The molecule has 2 unspecified atom stereocenters. The van der Waals surface area contributed by atoms with Crippen LogP contribution < -0.4 is 5.32 Å². The predicted molar refractivity (Wildman–Crippen MR) is 117 cm³/mol. The van der Waals surface area contributed by atoms with Crippen molar-refractivity contribution in [2.45, 2.75) is 56.4 Å². The lowest BCUT2D eigenvalue weighted by molar-refractivity contribution is -0.127. The Bertz CT molecular complexity index is 990. The van der Waals surface area contributed by atoms with Gasteiger partial charge in [0.1, 0.15) is 0 Å². The first-order chi connectivity index (χ1) is 14.8. The normalized spacial score (nSPS) is 22.8. The molecule has 4 nitrogen and oxygen atoms in total. The zero-order valence-electron chi connectivity index (χ0n) is 17.2. The molecule has 2 aliphatic carbocycles. The summed E-state index contributed by atoms with van der Waals surface area (Å²) in [5, 5.41) is 7.85. The van der Waals surface area contributed by atoms with Gasteiger partial charge in [0.25, 0.3) is 0 Å². The molecular formula is C26H28N2O2. The molecule has 154 valence electrons. The van der Waals surface area contributed by atoms with Crippen molar-refractivity contribution in [1.82, 2.24) is 10.5 Å². The monoisotopic (exact) mass is 400 g/mol. The number of amides is 1. The van der Waals surface area contributed by atoms with Crippen LogP contribution in [0.2, 0.25) is 0 Å². The van der Waals surface area contributed by atoms with Crippen molar-refractivity contribution < 1.29 is 9.32 Å². The maximum atomic E-state index is 13.5. The Balaban J connectivity index is 1.36. The van der Waals surface area contributed by atoms with E-state index >= 15 is 0 Å². The van der Waals surface area contributed by atoms with E-state index in [1.165, 1.54) is 5.56 Å². The topological polar surface area (TPSA) is 55.1 Å². The first kappa shape index (κ1) is 19.1. The van der Waals surface area contributed by atoms with E-state index in [1.54, 1.807) is 0 Å². The van der Waals surface area contributed by atoms with Crippen LogP contribution >= 0.6 is 0 Å². The molecule has 0 saturated heterocycles. The molecule has 5 rings (SSSR count). The van der Waals surface area contributed by atoms with Gasteiger partial charge in [-0.2, -0.15) is 0 Å². The van der Waals surface area contributed by atoms with E-state index in [1.807, 2.05) is 42.5 Å². The third-order valence-electron chi connectivity index (χ3n) is 6.97. The SMILES string of the molecule is O=C(NC1(c2ccccc2)CCCC1)C1CCCC1c1cc(-c2ccccc2)on1. The maximum Gasteiger partial charge on any atom is 0.224 e. The van der Waals surface area contributed by atoms with Crippen molar-refractivity contribution in [1.29, 1.82) is 0 Å². The molecule has 0 bridgehead atoms. The highest BCUT2D eigenvalue weighted by molar-refractivity contribution is 5.81. The molecule has 0 radical (unpaired) electrons. The fraction of sp³-hybridized carbons (Fsp3) is 0.385. The molecule has 2 aliphatic rings. The van der Waals surface area contributed by atoms with Crippen LogP contribution in [-0.4, -0.2) is 11.1 Å². The van der Waals surface area contributed by atoms with Crippen molar-refractivity contribution in [3.05, 3.63) is 78.0 Å². The van der Waals surface area contributed by atoms with Gasteiger partial charge in [0.05, 0.1) is 11.2 Å². The maximum absolute atomic E-state index is 13.5. The van der Waals surface area contributed by atoms with Crippen molar-refractivity contribution in [3.63, 3.8) is 0 Å². The fourth-order valence-electron chi connectivity index (χ4n) is 5.38. The molecule has 0 aliphatic heterocycles. The van der Waals surface area contributed by atoms with E-state index in [-0.39, 0.29) is 23.3 Å². The summed E-state index contributed by atoms with van der Waals surface area (Å²) in [5.74, 6) is 1.03. The van der Waals surface area contributed by atoms with Gasteiger partial charge in [-0.05, 0) is 31.2 Å². The second-order valence-corrected chi connectivity index (χ2v) is 8.77. The molecule has 4 heteroatoms. The quantitative estimate of drug-likeness (QED) is 0.588. The first-order valence-electron chi connectivity index (χ1n) is 11.1. The van der Waals surface area contributed by atoms with Crippen LogP contribution in [-0.2, 0) is 10.3 Å². The summed E-state index contributed by atoms with van der Waals surface area (Å²) in [5.41, 5.74) is 2.94. The van der Waals surface area contributed by atoms with Gasteiger partial charge in [-0.3, -0.25) is 4.79 Å². The zero-order chi connectivity index (χ0) is 20.4. The number of carbonyl (C=O) groups is 1. The number of rotatable bonds is 5. The van der Waals surface area contributed by atoms with Gasteiger partial charge in [0.15, 0.2) is 5.76 Å². The molecule has 3 aromatic rings. The van der Waals surface area contributed by atoms with Gasteiger partial charge < -0.3 is 9.84 Å². The number of nitrogens with zero attached hydrogens (tertiary/aromatic N) is 1. The summed E-state index contributed by atoms with van der Waals surface area (Å²) >= 11 is 0. The molecule has 2 fully saturated rings. The average Bonchev–Trinajstić information content (AvgIpc) is 3.55. The lowest BCUT2D eigenvalue weighted by Gasteiger charge is -2.33. The zero-order valence-corrected chi connectivity index (χ0v) is 17.2. The van der Waals surface area contributed by atoms with Gasteiger partial charge in [-0.15, -0.1) is 0 Å². The van der Waals surface area contributed by atoms with Gasteiger partial charge >= 0.3 is 0 Å². The summed E-state index contributed by atoms with van der Waals surface area (Å²) in [4.78, 5) is 13.5. The van der Waals surface area contributed by atoms with Crippen molar-refractivity contribution in [2.75, 3.05) is 0 Å². The standard InChI is InChI=1S/C26H28N2O2/c29-25(27-26(16-7-8-17-26)20-12-5-2-6-13-20)22-15-9-14-21(22)23-18-24(30-28-23)19-10-3-1-4-11-19/h1-6,10-13,18,21-22H,7-9,14-17H2,(H,27,29). The largest absolute Gasteiger partial charge is 0.356 e. The summed E-state index contributed by atoms with van der Waals surface area (Å²) < 4.78 is 5.63. The highest BCUT2D eigenvalue weighted by atomic mass is 16.5. The van der Waals surface area contributed by atoms with Gasteiger partial charge in [0, 0.05) is 23.5 Å². The van der Waals surface area contributed by atoms with Crippen LogP contribution in [0.5, 0.6) is 0 Å². The number of benzene rings is 2. The minimum Gasteiger partial charge on any atom is -0.356 e. The molecule has 1 N–H and O–H groups in total. The number of carbonyl (C=O) groups excluding carboxylic acids is 1. The molecule has 1 amide bonds. The third-order valence-corrected chi connectivity index (χ3v) is 6.97. The van der Waals surface area contributed by atoms with E-state index in [0.717, 1.165) is 62.0 Å². The van der Waals surface area contributed by atoms with Crippen LogP contribution in [0.15, 0.2) is 71.3 Å². The minimum atomic E-state index is -0.218. The fourth-order valence-corrected chi connectivity index (χ4v) is 5.38. The number of nitrogens with one attached hydrogen (secondary N) is 1. The molecule has 2 saturated carbocycles. The van der Waals surface area contributed by atoms with Crippen LogP contribution in [0.4, 0.5) is 0 Å². The summed E-state index contributed by atoms with van der Waals surface area (Å²) in [6.07, 6.45) is 7.30. The summed E-state index contributed by atoms with van der Waals surface area (Å²) in [6, 6.07) is 22.5. The highest BCUT2D eigenvalue weighted by Crippen LogP contribution is 2.43. The van der Waals surface area contributed by atoms with Crippen LogP contribution in [0.3, 0.4) is 0 Å². The first-order valence-corrected chi connectivity index (χ1v) is 11.1. The van der Waals surface area contributed by atoms with Crippen molar-refractivity contribution in [3.8, 4) is 11.3 Å². The predicted octanol–water partition coefficient (Wildman–Crippen LogP) is 5.81. The van der Waals surface area contributed by atoms with E-state index in [0.29, 0.717) is 0 Å². The number of hydrogen-bond donors (Lipinski definition) is 1. The lowest BCUT2D eigenvalue weighted by Crippen LogP contribution is -2.46. The molecule has 2 atom stereocenters. The van der Waals surface area contributed by atoms with Gasteiger partial charge in [-0.25, -0.2) is 0 Å². The van der Waals surface area contributed by atoms with Crippen molar-refractivity contribution in [2.24, 2.45) is 5.92 Å². The molecule has 1 heterocycles. The Morgan fingerprint density at radius 3 is 2.37 bits per heavy atom. The Hall–Kier alpha value is -2.88. The Morgan fingerprint density at radius 2 is 1.63 bits per heavy atom. The Kier molecular flexibility index (Phi) is 5.16. The Morgan fingerprint density at radius 1 is 0.933 bits per heavy atom. The molecule has 2 aromatic carbocycles. The summed E-state index contributed by atoms with van der Waals surface area (Å²) in [7, 11) is 0.